The van der Waals surface area contributed by atoms with Gasteiger partial charge in [0.15, 0.2) is 0 Å². The van der Waals surface area contributed by atoms with Gasteiger partial charge in [-0.1, -0.05) is 15.9 Å². The smallest absolute Gasteiger partial charge is 0.353 e. The number of nitriles is 1. The lowest BCUT2D eigenvalue weighted by Gasteiger charge is -2.12. The second kappa shape index (κ2) is 5.74. The van der Waals surface area contributed by atoms with Gasteiger partial charge in [0.25, 0.3) is 0 Å². The molecule has 108 valence electrons. The molecule has 0 unspecified atom stereocenters. The van der Waals surface area contributed by atoms with Crippen LogP contribution < -0.4 is 5.32 Å². The maximum atomic E-state index is 13.6. The standard InChI is InChI=1S/C14H7BrF4N2/c15-9-2-4-13(12(16)5-9)21-10-3-1-8(7-20)11(6-10)14(17,18)19/h1-6,21H. The summed E-state index contributed by atoms with van der Waals surface area (Å²) >= 11 is 3.09. The molecule has 0 bridgehead atoms. The molecule has 0 atom stereocenters. The van der Waals surface area contributed by atoms with E-state index in [0.717, 1.165) is 12.1 Å². The van der Waals surface area contributed by atoms with Crippen molar-refractivity contribution in [2.45, 2.75) is 6.18 Å². The highest BCUT2D eigenvalue weighted by Gasteiger charge is 2.33. The maximum absolute atomic E-state index is 13.6. The van der Waals surface area contributed by atoms with Crippen LogP contribution in [0.25, 0.3) is 0 Å². The molecule has 0 aliphatic carbocycles. The summed E-state index contributed by atoms with van der Waals surface area (Å²) in [6.07, 6.45) is -4.65. The number of halogens is 5. The average Bonchev–Trinajstić information content (AvgIpc) is 2.41. The fourth-order valence-corrected chi connectivity index (χ4v) is 2.03. The first-order valence-electron chi connectivity index (χ1n) is 5.64. The molecule has 21 heavy (non-hydrogen) atoms. The molecule has 2 aromatic carbocycles. The molecule has 0 saturated carbocycles. The molecule has 0 spiro atoms. The van der Waals surface area contributed by atoms with Crippen LogP contribution >= 0.6 is 15.9 Å². The summed E-state index contributed by atoms with van der Waals surface area (Å²) in [4.78, 5) is 0. The van der Waals surface area contributed by atoms with Crippen LogP contribution in [0.1, 0.15) is 11.1 Å². The molecule has 0 radical (unpaired) electrons. The first-order valence-corrected chi connectivity index (χ1v) is 6.44. The third-order valence-corrected chi connectivity index (χ3v) is 3.15. The summed E-state index contributed by atoms with van der Waals surface area (Å²) in [6, 6.07) is 8.73. The Kier molecular flexibility index (Phi) is 4.19. The second-order valence-electron chi connectivity index (χ2n) is 4.12. The van der Waals surface area contributed by atoms with Crippen molar-refractivity contribution >= 4 is 27.3 Å². The van der Waals surface area contributed by atoms with Crippen LogP contribution in [0.4, 0.5) is 28.9 Å². The third-order valence-electron chi connectivity index (χ3n) is 2.66. The number of hydrogen-bond acceptors (Lipinski definition) is 2. The Morgan fingerprint density at radius 2 is 1.81 bits per heavy atom. The molecule has 0 fully saturated rings. The summed E-state index contributed by atoms with van der Waals surface area (Å²) in [6.45, 7) is 0. The summed E-state index contributed by atoms with van der Waals surface area (Å²) in [5.41, 5.74) is -1.46. The number of nitrogens with one attached hydrogen (secondary N) is 1. The van der Waals surface area contributed by atoms with Crippen molar-refractivity contribution in [2.75, 3.05) is 5.32 Å². The lowest BCUT2D eigenvalue weighted by Crippen LogP contribution is -2.08. The largest absolute Gasteiger partial charge is 0.417 e. The van der Waals surface area contributed by atoms with E-state index in [0.29, 0.717) is 4.47 Å². The van der Waals surface area contributed by atoms with Crippen molar-refractivity contribution in [3.05, 3.63) is 57.8 Å². The topological polar surface area (TPSA) is 35.8 Å². The monoisotopic (exact) mass is 358 g/mol. The van der Waals surface area contributed by atoms with Gasteiger partial charge in [0.1, 0.15) is 5.82 Å². The molecule has 0 aromatic heterocycles. The summed E-state index contributed by atoms with van der Waals surface area (Å²) < 4.78 is 52.6. The Morgan fingerprint density at radius 1 is 1.10 bits per heavy atom. The van der Waals surface area contributed by atoms with Gasteiger partial charge in [-0.25, -0.2) is 4.39 Å². The normalized spacial score (nSPS) is 11.0. The number of benzene rings is 2. The highest BCUT2D eigenvalue weighted by molar-refractivity contribution is 9.10. The van der Waals surface area contributed by atoms with E-state index in [2.05, 4.69) is 21.2 Å². The molecule has 0 saturated heterocycles. The van der Waals surface area contributed by atoms with E-state index in [9.17, 15) is 17.6 Å². The molecule has 1 N–H and O–H groups in total. The van der Waals surface area contributed by atoms with Gasteiger partial charge < -0.3 is 5.32 Å². The molecular weight excluding hydrogens is 352 g/mol. The fourth-order valence-electron chi connectivity index (χ4n) is 1.70. The lowest BCUT2D eigenvalue weighted by molar-refractivity contribution is -0.137. The molecule has 0 amide bonds. The van der Waals surface area contributed by atoms with Gasteiger partial charge in [-0.15, -0.1) is 0 Å². The van der Waals surface area contributed by atoms with Gasteiger partial charge in [0, 0.05) is 10.2 Å². The first kappa shape index (κ1) is 15.3. The zero-order valence-electron chi connectivity index (χ0n) is 10.3. The van der Waals surface area contributed by atoms with Crippen LogP contribution in [-0.2, 0) is 6.18 Å². The van der Waals surface area contributed by atoms with Crippen LogP contribution in [0.5, 0.6) is 0 Å². The van der Waals surface area contributed by atoms with Gasteiger partial charge in [0.2, 0.25) is 0 Å². The van der Waals surface area contributed by atoms with Crippen LogP contribution in [0, 0.1) is 17.1 Å². The van der Waals surface area contributed by atoms with Crippen molar-refractivity contribution in [3.63, 3.8) is 0 Å². The number of hydrogen-bond donors (Lipinski definition) is 1. The van der Waals surface area contributed by atoms with Crippen molar-refractivity contribution in [1.29, 1.82) is 5.26 Å². The van der Waals surface area contributed by atoms with E-state index in [1.165, 1.54) is 24.3 Å². The van der Waals surface area contributed by atoms with E-state index >= 15 is 0 Å². The van der Waals surface area contributed by atoms with E-state index in [1.807, 2.05) is 0 Å². The van der Waals surface area contributed by atoms with E-state index in [-0.39, 0.29) is 11.4 Å². The molecule has 2 rings (SSSR count). The average molecular weight is 359 g/mol. The molecule has 0 heterocycles. The number of anilines is 2. The Balaban J connectivity index is 2.40. The second-order valence-corrected chi connectivity index (χ2v) is 5.03. The van der Waals surface area contributed by atoms with Gasteiger partial charge >= 0.3 is 6.18 Å². The van der Waals surface area contributed by atoms with Crippen molar-refractivity contribution in [3.8, 4) is 6.07 Å². The number of nitrogens with zero attached hydrogens (tertiary/aromatic N) is 1. The van der Waals surface area contributed by atoms with Crippen LogP contribution in [0.2, 0.25) is 0 Å². The Hall–Kier alpha value is -2.07. The molecule has 2 nitrogen and oxygen atoms in total. The minimum absolute atomic E-state index is 0.0380. The van der Waals surface area contributed by atoms with E-state index in [1.54, 1.807) is 6.07 Å². The van der Waals surface area contributed by atoms with Crippen LogP contribution in [0.15, 0.2) is 40.9 Å². The van der Waals surface area contributed by atoms with Crippen LogP contribution in [-0.4, -0.2) is 0 Å². The Bertz CT molecular complexity index is 720. The van der Waals surface area contributed by atoms with Crippen molar-refractivity contribution in [1.82, 2.24) is 0 Å². The first-order chi connectivity index (χ1) is 9.81. The lowest BCUT2D eigenvalue weighted by atomic mass is 10.1. The Morgan fingerprint density at radius 3 is 2.38 bits per heavy atom. The maximum Gasteiger partial charge on any atom is 0.417 e. The third kappa shape index (κ3) is 3.52. The van der Waals surface area contributed by atoms with Gasteiger partial charge in [0.05, 0.1) is 22.9 Å². The predicted octanol–water partition coefficient (Wildman–Crippen LogP) is 5.22. The minimum Gasteiger partial charge on any atom is -0.353 e. The Labute approximate surface area is 126 Å². The van der Waals surface area contributed by atoms with Gasteiger partial charge in [-0.05, 0) is 36.4 Å². The number of alkyl halides is 3. The van der Waals surface area contributed by atoms with Gasteiger partial charge in [-0.2, -0.15) is 18.4 Å². The zero-order valence-corrected chi connectivity index (χ0v) is 11.9. The van der Waals surface area contributed by atoms with Crippen LogP contribution in [0.3, 0.4) is 0 Å². The summed E-state index contributed by atoms with van der Waals surface area (Å²) in [5, 5.41) is 11.3. The van der Waals surface area contributed by atoms with Crippen molar-refractivity contribution in [2.24, 2.45) is 0 Å². The molecular formula is C14H7BrF4N2. The molecule has 0 aliphatic heterocycles. The van der Waals surface area contributed by atoms with Gasteiger partial charge in [-0.3, -0.25) is 0 Å². The summed E-state index contributed by atoms with van der Waals surface area (Å²) in [5.74, 6) is -0.609. The predicted molar refractivity (Wildman–Crippen MR) is 73.5 cm³/mol. The van der Waals surface area contributed by atoms with E-state index in [4.69, 9.17) is 5.26 Å². The summed E-state index contributed by atoms with van der Waals surface area (Å²) in [7, 11) is 0. The molecule has 0 aliphatic rings. The highest BCUT2D eigenvalue weighted by atomic mass is 79.9. The minimum atomic E-state index is -4.65. The molecule has 2 aromatic rings. The zero-order chi connectivity index (χ0) is 15.6. The molecule has 7 heteroatoms. The highest BCUT2D eigenvalue weighted by Crippen LogP contribution is 2.34. The quantitative estimate of drug-likeness (QED) is 0.746. The van der Waals surface area contributed by atoms with Crippen molar-refractivity contribution < 1.29 is 17.6 Å². The fraction of sp³-hybridized carbons (Fsp3) is 0.0714. The number of rotatable bonds is 2. The SMILES string of the molecule is N#Cc1ccc(Nc2ccc(Br)cc2F)cc1C(F)(F)F. The van der Waals surface area contributed by atoms with E-state index < -0.39 is 23.1 Å².